The minimum absolute atomic E-state index is 0. The smallest absolute Gasteiger partial charge is 0.227 e. The van der Waals surface area contributed by atoms with Crippen molar-refractivity contribution in [3.05, 3.63) is 28.3 Å². The molecule has 0 aromatic carbocycles. The van der Waals surface area contributed by atoms with Crippen molar-refractivity contribution in [3.8, 4) is 5.75 Å². The van der Waals surface area contributed by atoms with E-state index < -0.39 is 0 Å². The van der Waals surface area contributed by atoms with Gasteiger partial charge in [-0.15, -0.1) is 12.4 Å². The molecule has 1 aliphatic rings. The van der Waals surface area contributed by atoms with Crippen LogP contribution in [0.15, 0.2) is 21.5 Å². The van der Waals surface area contributed by atoms with Gasteiger partial charge in [0.2, 0.25) is 11.2 Å². The lowest BCUT2D eigenvalue weighted by Crippen LogP contribution is -2.49. The van der Waals surface area contributed by atoms with Crippen LogP contribution in [0.3, 0.4) is 0 Å². The van der Waals surface area contributed by atoms with Crippen molar-refractivity contribution in [1.29, 1.82) is 0 Å². The fourth-order valence-electron chi connectivity index (χ4n) is 1.99. The Balaban J connectivity index is 0.00000162. The van der Waals surface area contributed by atoms with Gasteiger partial charge in [0.25, 0.3) is 0 Å². The Morgan fingerprint density at radius 2 is 2.39 bits per heavy atom. The van der Waals surface area contributed by atoms with Crippen molar-refractivity contribution >= 4 is 12.4 Å². The maximum atomic E-state index is 11.6. The Bertz CT molecular complexity index is 436. The monoisotopic (exact) mass is 274 g/mol. The van der Waals surface area contributed by atoms with Gasteiger partial charge in [0.1, 0.15) is 12.0 Å². The molecule has 2 rings (SSSR count). The average molecular weight is 275 g/mol. The van der Waals surface area contributed by atoms with Crippen LogP contribution >= 0.6 is 12.4 Å². The third kappa shape index (κ3) is 3.48. The Morgan fingerprint density at radius 1 is 1.61 bits per heavy atom. The van der Waals surface area contributed by atoms with Crippen molar-refractivity contribution in [2.75, 3.05) is 26.7 Å². The van der Waals surface area contributed by atoms with Gasteiger partial charge in [0.05, 0.1) is 13.7 Å². The molecule has 0 spiro atoms. The average Bonchev–Trinajstić information content (AvgIpc) is 2.32. The zero-order chi connectivity index (χ0) is 12.3. The summed E-state index contributed by atoms with van der Waals surface area (Å²) >= 11 is 0. The summed E-state index contributed by atoms with van der Waals surface area (Å²) in [6.07, 6.45) is 1.38. The summed E-state index contributed by atoms with van der Waals surface area (Å²) < 4.78 is 10.3. The first kappa shape index (κ1) is 15.0. The first-order chi connectivity index (χ1) is 8.20. The first-order valence-electron chi connectivity index (χ1n) is 5.81. The Morgan fingerprint density at radius 3 is 3.00 bits per heavy atom. The quantitative estimate of drug-likeness (QED) is 0.886. The Kier molecular flexibility index (Phi) is 5.65. The third-order valence-corrected chi connectivity index (χ3v) is 3.07. The molecular formula is C12H19ClN2O3. The molecule has 18 heavy (non-hydrogen) atoms. The van der Waals surface area contributed by atoms with Crippen molar-refractivity contribution in [2.24, 2.45) is 0 Å². The van der Waals surface area contributed by atoms with Gasteiger partial charge >= 0.3 is 0 Å². The Labute approximate surface area is 113 Å². The molecular weight excluding hydrogens is 256 g/mol. The summed E-state index contributed by atoms with van der Waals surface area (Å²) in [6, 6.07) is 1.96. The van der Waals surface area contributed by atoms with E-state index in [1.165, 1.54) is 19.4 Å². The van der Waals surface area contributed by atoms with Crippen molar-refractivity contribution in [1.82, 2.24) is 10.2 Å². The molecule has 1 atom stereocenters. The van der Waals surface area contributed by atoms with Crippen LogP contribution in [0.4, 0.5) is 0 Å². The summed E-state index contributed by atoms with van der Waals surface area (Å²) in [5.41, 5.74) is -0.128. The molecule has 5 nitrogen and oxygen atoms in total. The number of hydrogen-bond donors (Lipinski definition) is 1. The summed E-state index contributed by atoms with van der Waals surface area (Å²) in [5, 5.41) is 3.33. The summed E-state index contributed by atoms with van der Waals surface area (Å²) in [4.78, 5) is 13.9. The first-order valence-corrected chi connectivity index (χ1v) is 5.81. The fourth-order valence-corrected chi connectivity index (χ4v) is 1.99. The molecule has 1 fully saturated rings. The highest BCUT2D eigenvalue weighted by Crippen LogP contribution is 2.11. The highest BCUT2D eigenvalue weighted by atomic mass is 35.5. The van der Waals surface area contributed by atoms with E-state index in [-0.39, 0.29) is 23.6 Å². The number of halogens is 1. The van der Waals surface area contributed by atoms with Gasteiger partial charge < -0.3 is 14.5 Å². The largest absolute Gasteiger partial charge is 0.490 e. The van der Waals surface area contributed by atoms with Gasteiger partial charge in [-0.05, 0) is 6.92 Å². The number of nitrogens with one attached hydrogen (secondary N) is 1. The summed E-state index contributed by atoms with van der Waals surface area (Å²) in [5.74, 6) is 0.937. The number of methoxy groups -OCH3 is 1. The molecule has 0 unspecified atom stereocenters. The lowest BCUT2D eigenvalue weighted by atomic mass is 10.2. The lowest BCUT2D eigenvalue weighted by molar-refractivity contribution is 0.152. The molecule has 1 aromatic rings. The highest BCUT2D eigenvalue weighted by Gasteiger charge is 2.19. The van der Waals surface area contributed by atoms with Gasteiger partial charge in [0.15, 0.2) is 0 Å². The van der Waals surface area contributed by atoms with Crippen molar-refractivity contribution in [2.45, 2.75) is 19.5 Å². The lowest BCUT2D eigenvalue weighted by Gasteiger charge is -2.33. The third-order valence-electron chi connectivity index (χ3n) is 3.07. The maximum absolute atomic E-state index is 11.6. The van der Waals surface area contributed by atoms with Crippen LogP contribution in [-0.2, 0) is 6.54 Å². The molecule has 0 aliphatic carbocycles. The number of ether oxygens (including phenoxy) is 1. The van der Waals surface area contributed by atoms with Crippen LogP contribution in [0.25, 0.3) is 0 Å². The van der Waals surface area contributed by atoms with E-state index in [9.17, 15) is 4.79 Å². The summed E-state index contributed by atoms with van der Waals surface area (Å²) in [7, 11) is 1.46. The van der Waals surface area contributed by atoms with Crippen LogP contribution in [0.5, 0.6) is 5.75 Å². The van der Waals surface area contributed by atoms with E-state index in [2.05, 4.69) is 17.1 Å². The van der Waals surface area contributed by atoms with Crippen LogP contribution in [0.1, 0.15) is 12.7 Å². The van der Waals surface area contributed by atoms with Crippen LogP contribution in [0.2, 0.25) is 0 Å². The van der Waals surface area contributed by atoms with E-state index in [1.807, 2.05) is 0 Å². The topological polar surface area (TPSA) is 54.7 Å². The maximum Gasteiger partial charge on any atom is 0.227 e. The van der Waals surface area contributed by atoms with Crippen molar-refractivity contribution in [3.63, 3.8) is 0 Å². The molecule has 102 valence electrons. The predicted molar refractivity (Wildman–Crippen MR) is 71.5 cm³/mol. The molecule has 0 bridgehead atoms. The Hall–Kier alpha value is -1.04. The molecule has 6 heteroatoms. The van der Waals surface area contributed by atoms with Gasteiger partial charge in [-0.1, -0.05) is 0 Å². The number of rotatable bonds is 3. The minimum Gasteiger partial charge on any atom is -0.490 e. The number of piperazine rings is 1. The zero-order valence-electron chi connectivity index (χ0n) is 10.6. The molecule has 2 heterocycles. The van der Waals surface area contributed by atoms with Crippen LogP contribution in [-0.4, -0.2) is 37.7 Å². The normalized spacial score (nSPS) is 20.2. The second-order valence-electron chi connectivity index (χ2n) is 4.30. The van der Waals surface area contributed by atoms with E-state index in [0.717, 1.165) is 19.6 Å². The second-order valence-corrected chi connectivity index (χ2v) is 4.30. The molecule has 1 aliphatic heterocycles. The molecule has 0 radical (unpaired) electrons. The standard InChI is InChI=1S/C12H18N2O3.ClH/c1-9-6-13-3-4-14(9)7-10-5-11(15)12(16-2)8-17-10;/h5,8-9,13H,3-4,6-7H2,1-2H3;1H/t9-;/m1./s1. The molecule has 0 saturated carbocycles. The number of nitrogens with zero attached hydrogens (tertiary/aromatic N) is 1. The highest BCUT2D eigenvalue weighted by molar-refractivity contribution is 5.85. The van der Waals surface area contributed by atoms with Gasteiger partial charge in [0, 0.05) is 31.7 Å². The summed E-state index contributed by atoms with van der Waals surface area (Å²) in [6.45, 7) is 5.75. The molecule has 1 saturated heterocycles. The predicted octanol–water partition coefficient (Wildman–Crippen LogP) is 0.864. The van der Waals surface area contributed by atoms with E-state index in [4.69, 9.17) is 9.15 Å². The van der Waals surface area contributed by atoms with E-state index >= 15 is 0 Å². The van der Waals surface area contributed by atoms with Crippen LogP contribution in [0, 0.1) is 0 Å². The van der Waals surface area contributed by atoms with Gasteiger partial charge in [-0.2, -0.15) is 0 Å². The fraction of sp³-hybridized carbons (Fsp3) is 0.583. The second kappa shape index (κ2) is 6.78. The van der Waals surface area contributed by atoms with E-state index in [1.54, 1.807) is 0 Å². The molecule has 1 aromatic heterocycles. The molecule has 0 amide bonds. The number of hydrogen-bond acceptors (Lipinski definition) is 5. The SMILES string of the molecule is COc1coc(CN2CCNC[C@H]2C)cc1=O.Cl. The molecule has 1 N–H and O–H groups in total. The van der Waals surface area contributed by atoms with Crippen molar-refractivity contribution < 1.29 is 9.15 Å². The van der Waals surface area contributed by atoms with Crippen LogP contribution < -0.4 is 15.5 Å². The van der Waals surface area contributed by atoms with Gasteiger partial charge in [-0.3, -0.25) is 9.69 Å². The zero-order valence-corrected chi connectivity index (χ0v) is 11.5. The van der Waals surface area contributed by atoms with Gasteiger partial charge in [-0.25, -0.2) is 0 Å². The minimum atomic E-state index is -0.128. The van der Waals surface area contributed by atoms with E-state index in [0.29, 0.717) is 18.3 Å².